The maximum absolute atomic E-state index is 11.0. The molecule has 0 aliphatic carbocycles. The number of nitrogens with two attached hydrogens (primary N) is 1. The van der Waals surface area contributed by atoms with E-state index in [4.69, 9.17) is 10.8 Å². The van der Waals surface area contributed by atoms with Crippen LogP contribution in [0.3, 0.4) is 0 Å². The van der Waals surface area contributed by atoms with Gasteiger partial charge in [-0.2, -0.15) is 0 Å². The van der Waals surface area contributed by atoms with E-state index in [1.807, 2.05) is 0 Å². The van der Waals surface area contributed by atoms with E-state index >= 15 is 0 Å². The van der Waals surface area contributed by atoms with Crippen molar-refractivity contribution in [2.24, 2.45) is 5.73 Å². The van der Waals surface area contributed by atoms with Crippen LogP contribution in [0.1, 0.15) is 19.3 Å². The van der Waals surface area contributed by atoms with Gasteiger partial charge in [-0.1, -0.05) is 0 Å². The van der Waals surface area contributed by atoms with Gasteiger partial charge in [0.15, 0.2) is 0 Å². The van der Waals surface area contributed by atoms with Crippen molar-refractivity contribution < 1.29 is 19.5 Å². The van der Waals surface area contributed by atoms with E-state index in [9.17, 15) is 14.4 Å². The van der Waals surface area contributed by atoms with Gasteiger partial charge in [0, 0.05) is 19.4 Å². The first-order valence-corrected chi connectivity index (χ1v) is 4.26. The fraction of sp³-hybridized carbons (Fsp3) is 0.625. The van der Waals surface area contributed by atoms with Gasteiger partial charge in [0.1, 0.15) is 6.29 Å². The van der Waals surface area contributed by atoms with Crippen molar-refractivity contribution in [1.82, 2.24) is 5.32 Å². The molecule has 0 aliphatic rings. The van der Waals surface area contributed by atoms with Crippen LogP contribution in [0, 0.1) is 0 Å². The summed E-state index contributed by atoms with van der Waals surface area (Å²) in [6.07, 6.45) is 0.621. The molecule has 0 saturated carbocycles. The van der Waals surface area contributed by atoms with Crippen molar-refractivity contribution in [3.05, 3.63) is 0 Å². The van der Waals surface area contributed by atoms with E-state index in [0.29, 0.717) is 6.29 Å². The van der Waals surface area contributed by atoms with Gasteiger partial charge in [0.2, 0.25) is 5.91 Å². The average molecular weight is 202 g/mol. The molecule has 0 radical (unpaired) electrons. The van der Waals surface area contributed by atoms with Gasteiger partial charge in [-0.25, -0.2) is 0 Å². The first kappa shape index (κ1) is 12.6. The molecule has 0 aromatic heterocycles. The van der Waals surface area contributed by atoms with Crippen LogP contribution in [0.2, 0.25) is 0 Å². The Bertz CT molecular complexity index is 217. The Morgan fingerprint density at radius 2 is 2.07 bits per heavy atom. The van der Waals surface area contributed by atoms with Crippen LogP contribution >= 0.6 is 0 Å². The monoisotopic (exact) mass is 202 g/mol. The molecule has 4 N–H and O–H groups in total. The summed E-state index contributed by atoms with van der Waals surface area (Å²) in [6.45, 7) is 0.205. The second kappa shape index (κ2) is 7.02. The van der Waals surface area contributed by atoms with Crippen LogP contribution in [0.25, 0.3) is 0 Å². The van der Waals surface area contributed by atoms with Crippen molar-refractivity contribution >= 4 is 18.2 Å². The third-order valence-electron chi connectivity index (χ3n) is 1.55. The molecule has 1 amide bonds. The zero-order valence-corrected chi connectivity index (χ0v) is 7.73. The number of carbonyl (C=O) groups is 3. The minimum Gasteiger partial charge on any atom is -0.481 e. The van der Waals surface area contributed by atoms with E-state index in [1.165, 1.54) is 0 Å². The molecule has 6 nitrogen and oxygen atoms in total. The lowest BCUT2D eigenvalue weighted by atomic mass is 10.1. The number of rotatable bonds is 7. The third kappa shape index (κ3) is 6.13. The SMILES string of the molecule is NCCC(=O)N[C@@H](C=O)CCC(=O)O. The summed E-state index contributed by atoms with van der Waals surface area (Å²) in [5.74, 6) is -1.33. The number of amides is 1. The highest BCUT2D eigenvalue weighted by atomic mass is 16.4. The summed E-state index contributed by atoms with van der Waals surface area (Å²) in [4.78, 5) is 31.6. The van der Waals surface area contributed by atoms with E-state index in [1.54, 1.807) is 0 Å². The van der Waals surface area contributed by atoms with Crippen molar-refractivity contribution in [3.63, 3.8) is 0 Å². The Hall–Kier alpha value is -1.43. The molecule has 0 fully saturated rings. The molecule has 0 unspecified atom stereocenters. The van der Waals surface area contributed by atoms with E-state index in [-0.39, 0.29) is 31.7 Å². The lowest BCUT2D eigenvalue weighted by Crippen LogP contribution is -2.37. The van der Waals surface area contributed by atoms with Crippen LogP contribution < -0.4 is 11.1 Å². The zero-order valence-electron chi connectivity index (χ0n) is 7.73. The smallest absolute Gasteiger partial charge is 0.303 e. The number of hydrogen-bond acceptors (Lipinski definition) is 4. The first-order chi connectivity index (χ1) is 6.60. The molecule has 14 heavy (non-hydrogen) atoms. The summed E-state index contributed by atoms with van der Waals surface area (Å²) >= 11 is 0. The summed E-state index contributed by atoms with van der Waals surface area (Å²) in [7, 11) is 0. The molecule has 1 atom stereocenters. The standard InChI is InChI=1S/C8H14N2O4/c9-4-3-7(12)10-6(5-11)1-2-8(13)14/h5-6H,1-4,9H2,(H,10,12)(H,13,14)/t6-/m1/s1. The summed E-state index contributed by atoms with van der Waals surface area (Å²) < 4.78 is 0. The number of carbonyl (C=O) groups excluding carboxylic acids is 2. The number of aliphatic carboxylic acids is 1. The van der Waals surface area contributed by atoms with Crippen LogP contribution in [0.4, 0.5) is 0 Å². The quantitative estimate of drug-likeness (QED) is 0.453. The maximum atomic E-state index is 11.0. The normalized spacial score (nSPS) is 11.8. The average Bonchev–Trinajstić information content (AvgIpc) is 2.12. The molecule has 0 saturated heterocycles. The number of carboxylic acid groups (broad SMARTS) is 1. The fourth-order valence-corrected chi connectivity index (χ4v) is 0.863. The molecule has 6 heteroatoms. The van der Waals surface area contributed by atoms with Crippen molar-refractivity contribution in [1.29, 1.82) is 0 Å². The van der Waals surface area contributed by atoms with E-state index < -0.39 is 12.0 Å². The predicted octanol–water partition coefficient (Wildman–Crippen LogP) is -1.12. The van der Waals surface area contributed by atoms with Gasteiger partial charge in [-0.05, 0) is 6.42 Å². The topological polar surface area (TPSA) is 109 Å². The Labute approximate surface area is 81.5 Å². The van der Waals surface area contributed by atoms with Gasteiger partial charge in [0.05, 0.1) is 6.04 Å². The van der Waals surface area contributed by atoms with Crippen molar-refractivity contribution in [2.45, 2.75) is 25.3 Å². The minimum absolute atomic E-state index is 0.106. The van der Waals surface area contributed by atoms with E-state index in [2.05, 4.69) is 5.32 Å². The minimum atomic E-state index is -0.995. The van der Waals surface area contributed by atoms with Crippen molar-refractivity contribution in [3.8, 4) is 0 Å². The highest BCUT2D eigenvalue weighted by Crippen LogP contribution is 1.95. The molecular formula is C8H14N2O4. The van der Waals surface area contributed by atoms with Gasteiger partial charge in [0.25, 0.3) is 0 Å². The highest BCUT2D eigenvalue weighted by Gasteiger charge is 2.11. The second-order valence-electron chi connectivity index (χ2n) is 2.78. The summed E-state index contributed by atoms with van der Waals surface area (Å²) in [5.41, 5.74) is 5.13. The summed E-state index contributed by atoms with van der Waals surface area (Å²) in [5, 5.41) is 10.7. The van der Waals surface area contributed by atoms with Gasteiger partial charge in [-0.15, -0.1) is 0 Å². The molecule has 0 bridgehead atoms. The molecule has 0 aromatic carbocycles. The van der Waals surface area contributed by atoms with Gasteiger partial charge >= 0.3 is 5.97 Å². The molecule has 80 valence electrons. The molecule has 0 spiro atoms. The fourth-order valence-electron chi connectivity index (χ4n) is 0.863. The number of aldehydes is 1. The molecular weight excluding hydrogens is 188 g/mol. The molecule has 0 aliphatic heterocycles. The van der Waals surface area contributed by atoms with Crippen LogP contribution in [-0.2, 0) is 14.4 Å². The second-order valence-corrected chi connectivity index (χ2v) is 2.78. The Kier molecular flexibility index (Phi) is 6.30. The van der Waals surface area contributed by atoms with Crippen LogP contribution in [-0.4, -0.2) is 35.9 Å². The lowest BCUT2D eigenvalue weighted by Gasteiger charge is -2.10. The first-order valence-electron chi connectivity index (χ1n) is 4.26. The highest BCUT2D eigenvalue weighted by molar-refractivity contribution is 5.80. The van der Waals surface area contributed by atoms with Gasteiger partial charge in [-0.3, -0.25) is 9.59 Å². The van der Waals surface area contributed by atoms with Crippen molar-refractivity contribution in [2.75, 3.05) is 6.54 Å². The molecule has 0 rings (SSSR count). The lowest BCUT2D eigenvalue weighted by molar-refractivity contribution is -0.137. The van der Waals surface area contributed by atoms with Gasteiger partial charge < -0.3 is 21.0 Å². The van der Waals surface area contributed by atoms with Crippen LogP contribution in [0.15, 0.2) is 0 Å². The number of hydrogen-bond donors (Lipinski definition) is 3. The summed E-state index contributed by atoms with van der Waals surface area (Å²) in [6, 6.07) is -0.731. The Morgan fingerprint density at radius 1 is 1.43 bits per heavy atom. The number of carboxylic acids is 1. The third-order valence-corrected chi connectivity index (χ3v) is 1.55. The molecule has 0 aromatic rings. The Balaban J connectivity index is 3.84. The van der Waals surface area contributed by atoms with E-state index in [0.717, 1.165) is 0 Å². The molecule has 0 heterocycles. The Morgan fingerprint density at radius 3 is 2.50 bits per heavy atom. The number of nitrogens with one attached hydrogen (secondary N) is 1. The maximum Gasteiger partial charge on any atom is 0.303 e. The van der Waals surface area contributed by atoms with Crippen LogP contribution in [0.5, 0.6) is 0 Å². The predicted molar refractivity (Wildman–Crippen MR) is 48.5 cm³/mol. The zero-order chi connectivity index (χ0) is 11.0. The largest absolute Gasteiger partial charge is 0.481 e.